The first kappa shape index (κ1) is 21.1. The van der Waals surface area contributed by atoms with E-state index in [1.165, 1.54) is 6.42 Å². The predicted octanol–water partition coefficient (Wildman–Crippen LogP) is 2.67. The lowest BCUT2D eigenvalue weighted by atomic mass is 9.96. The number of carboxylic acids is 1. The van der Waals surface area contributed by atoms with Crippen LogP contribution >= 0.6 is 11.8 Å². The van der Waals surface area contributed by atoms with Crippen molar-refractivity contribution in [3.63, 3.8) is 0 Å². The molecule has 1 saturated carbocycles. The van der Waals surface area contributed by atoms with Crippen LogP contribution in [0.2, 0.25) is 0 Å². The van der Waals surface area contributed by atoms with Crippen LogP contribution in [0.1, 0.15) is 50.1 Å². The van der Waals surface area contributed by atoms with Crippen LogP contribution in [0.3, 0.4) is 0 Å². The van der Waals surface area contributed by atoms with Crippen LogP contribution in [-0.4, -0.2) is 41.9 Å². The van der Waals surface area contributed by atoms with Crippen molar-refractivity contribution in [3.05, 3.63) is 29.8 Å². The fourth-order valence-electron chi connectivity index (χ4n) is 3.15. The molecule has 1 aliphatic carbocycles. The molecule has 0 heterocycles. The molecule has 1 fully saturated rings. The molecule has 1 aromatic rings. The van der Waals surface area contributed by atoms with Crippen LogP contribution in [0.15, 0.2) is 29.2 Å². The fraction of sp³-hybridized carbons (Fsp3) is 0.526. The second-order valence-corrected chi connectivity index (χ2v) is 7.53. The van der Waals surface area contributed by atoms with Gasteiger partial charge >= 0.3 is 12.0 Å². The molecule has 4 N–H and O–H groups in total. The number of benzene rings is 1. The monoisotopic (exact) mass is 393 g/mol. The zero-order valence-electron chi connectivity index (χ0n) is 15.5. The first-order valence-corrected chi connectivity index (χ1v) is 10.4. The third-order valence-electron chi connectivity index (χ3n) is 4.58. The molecule has 1 atom stereocenters. The van der Waals surface area contributed by atoms with E-state index in [9.17, 15) is 14.4 Å². The van der Waals surface area contributed by atoms with Crippen LogP contribution in [0.5, 0.6) is 0 Å². The van der Waals surface area contributed by atoms with E-state index in [1.54, 1.807) is 11.8 Å². The normalized spacial score (nSPS) is 15.6. The minimum absolute atomic E-state index is 0.163. The van der Waals surface area contributed by atoms with Gasteiger partial charge in [0.2, 0.25) is 5.91 Å². The molecule has 0 radical (unpaired) electrons. The topological polar surface area (TPSA) is 108 Å². The van der Waals surface area contributed by atoms with Gasteiger partial charge < -0.3 is 21.1 Å². The van der Waals surface area contributed by atoms with Crippen LogP contribution in [0, 0.1) is 0 Å². The minimum atomic E-state index is -1.00. The Morgan fingerprint density at radius 1 is 1.15 bits per heavy atom. The Hall–Kier alpha value is -2.22. The van der Waals surface area contributed by atoms with E-state index in [0.717, 1.165) is 36.1 Å². The largest absolute Gasteiger partial charge is 0.481 e. The second-order valence-electron chi connectivity index (χ2n) is 6.65. The molecule has 3 amide bonds. The van der Waals surface area contributed by atoms with Crippen LogP contribution < -0.4 is 16.0 Å². The molecule has 8 heteroatoms. The summed E-state index contributed by atoms with van der Waals surface area (Å²) in [5.74, 6) is -1.42. The molecule has 1 aromatic carbocycles. The number of carbonyl (C=O) groups excluding carboxylic acids is 2. The number of nitrogens with one attached hydrogen (secondary N) is 3. The van der Waals surface area contributed by atoms with Gasteiger partial charge in [0.15, 0.2) is 0 Å². The van der Waals surface area contributed by atoms with E-state index >= 15 is 0 Å². The lowest BCUT2D eigenvalue weighted by Crippen LogP contribution is -2.46. The first-order chi connectivity index (χ1) is 13.0. The van der Waals surface area contributed by atoms with Crippen LogP contribution in [0.25, 0.3) is 0 Å². The molecular weight excluding hydrogens is 366 g/mol. The summed E-state index contributed by atoms with van der Waals surface area (Å²) in [5.41, 5.74) is 0.718. The Labute approximate surface area is 163 Å². The smallest absolute Gasteiger partial charge is 0.315 e. The number of hydrogen-bond acceptors (Lipinski definition) is 4. The van der Waals surface area contributed by atoms with Crippen molar-refractivity contribution in [1.82, 2.24) is 16.0 Å². The van der Waals surface area contributed by atoms with Crippen molar-refractivity contribution in [3.8, 4) is 0 Å². The van der Waals surface area contributed by atoms with Gasteiger partial charge in [-0.05, 0) is 36.8 Å². The van der Waals surface area contributed by atoms with E-state index < -0.39 is 17.9 Å². The number of amides is 3. The molecular formula is C19H27N3O4S. The molecule has 1 aliphatic rings. The Balaban J connectivity index is 1.84. The Morgan fingerprint density at radius 2 is 1.81 bits per heavy atom. The van der Waals surface area contributed by atoms with Gasteiger partial charge in [0.1, 0.15) is 0 Å². The van der Waals surface area contributed by atoms with Crippen LogP contribution in [0.4, 0.5) is 4.79 Å². The number of urea groups is 1. The third kappa shape index (κ3) is 7.50. The maximum Gasteiger partial charge on any atom is 0.315 e. The number of rotatable bonds is 8. The van der Waals surface area contributed by atoms with Gasteiger partial charge in [-0.25, -0.2) is 4.79 Å². The van der Waals surface area contributed by atoms with Crippen molar-refractivity contribution in [2.75, 3.05) is 12.8 Å². The van der Waals surface area contributed by atoms with Gasteiger partial charge in [-0.1, -0.05) is 31.4 Å². The second kappa shape index (κ2) is 10.8. The predicted molar refractivity (Wildman–Crippen MR) is 105 cm³/mol. The van der Waals surface area contributed by atoms with Gasteiger partial charge in [-0.3, -0.25) is 9.59 Å². The van der Waals surface area contributed by atoms with E-state index in [0.29, 0.717) is 0 Å². The summed E-state index contributed by atoms with van der Waals surface area (Å²) in [5, 5.41) is 17.2. The molecule has 0 bridgehead atoms. The summed E-state index contributed by atoms with van der Waals surface area (Å²) in [6, 6.07) is 6.54. The van der Waals surface area contributed by atoms with Crippen molar-refractivity contribution in [2.24, 2.45) is 0 Å². The number of carbonyl (C=O) groups is 3. The molecule has 0 aliphatic heterocycles. The van der Waals surface area contributed by atoms with Crippen molar-refractivity contribution in [1.29, 1.82) is 0 Å². The first-order valence-electron chi connectivity index (χ1n) is 9.17. The number of thioether (sulfide) groups is 1. The van der Waals surface area contributed by atoms with Gasteiger partial charge in [0.25, 0.3) is 0 Å². The zero-order valence-corrected chi connectivity index (χ0v) is 16.3. The average Bonchev–Trinajstić information content (AvgIpc) is 2.66. The highest BCUT2D eigenvalue weighted by Crippen LogP contribution is 2.21. The highest BCUT2D eigenvalue weighted by Gasteiger charge is 2.19. The molecule has 0 saturated heterocycles. The summed E-state index contributed by atoms with van der Waals surface area (Å²) in [7, 11) is 0. The van der Waals surface area contributed by atoms with Crippen molar-refractivity contribution >= 4 is 29.7 Å². The van der Waals surface area contributed by atoms with E-state index in [1.807, 2.05) is 30.5 Å². The SMILES string of the molecule is CSc1ccc(C(CC(=O)O)NC(=O)CNC(=O)NC2CCCCC2)cc1. The Kier molecular flexibility index (Phi) is 8.44. The van der Waals surface area contributed by atoms with Gasteiger partial charge in [0.05, 0.1) is 19.0 Å². The summed E-state index contributed by atoms with van der Waals surface area (Å²) >= 11 is 1.58. The Bertz CT molecular complexity index is 645. The number of carboxylic acid groups (broad SMARTS) is 1. The van der Waals surface area contributed by atoms with Crippen molar-refractivity contribution < 1.29 is 19.5 Å². The number of hydrogen-bond donors (Lipinski definition) is 4. The van der Waals surface area contributed by atoms with E-state index in [2.05, 4.69) is 16.0 Å². The van der Waals surface area contributed by atoms with Crippen LogP contribution in [-0.2, 0) is 9.59 Å². The standard InChI is InChI=1S/C19H27N3O4S/c1-27-15-9-7-13(8-10-15)16(11-18(24)25)22-17(23)12-20-19(26)21-14-5-3-2-4-6-14/h7-10,14,16H,2-6,11-12H2,1H3,(H,22,23)(H,24,25)(H2,20,21,26). The molecule has 1 unspecified atom stereocenters. The molecule has 0 spiro atoms. The maximum atomic E-state index is 12.2. The highest BCUT2D eigenvalue weighted by molar-refractivity contribution is 7.98. The summed E-state index contributed by atoms with van der Waals surface area (Å²) in [4.78, 5) is 36.3. The Morgan fingerprint density at radius 3 is 2.41 bits per heavy atom. The van der Waals surface area contributed by atoms with Crippen molar-refractivity contribution in [2.45, 2.75) is 55.5 Å². The third-order valence-corrected chi connectivity index (χ3v) is 5.33. The lowest BCUT2D eigenvalue weighted by Gasteiger charge is -2.23. The zero-order chi connectivity index (χ0) is 19.6. The molecule has 2 rings (SSSR count). The van der Waals surface area contributed by atoms with E-state index in [4.69, 9.17) is 5.11 Å². The minimum Gasteiger partial charge on any atom is -0.481 e. The van der Waals surface area contributed by atoms with E-state index in [-0.39, 0.29) is 25.0 Å². The van der Waals surface area contributed by atoms with Gasteiger partial charge in [0, 0.05) is 10.9 Å². The van der Waals surface area contributed by atoms with Gasteiger partial charge in [-0.2, -0.15) is 0 Å². The fourth-order valence-corrected chi connectivity index (χ4v) is 3.56. The summed E-state index contributed by atoms with van der Waals surface area (Å²) in [6.45, 7) is -0.197. The summed E-state index contributed by atoms with van der Waals surface area (Å²) < 4.78 is 0. The highest BCUT2D eigenvalue weighted by atomic mass is 32.2. The number of aliphatic carboxylic acids is 1. The molecule has 27 heavy (non-hydrogen) atoms. The quantitative estimate of drug-likeness (QED) is 0.508. The summed E-state index contributed by atoms with van der Waals surface area (Å²) in [6.07, 6.45) is 7.08. The molecule has 0 aromatic heterocycles. The molecule has 148 valence electrons. The average molecular weight is 394 g/mol. The van der Waals surface area contributed by atoms with Gasteiger partial charge in [-0.15, -0.1) is 11.8 Å². The molecule has 7 nitrogen and oxygen atoms in total. The lowest BCUT2D eigenvalue weighted by molar-refractivity contribution is -0.137. The maximum absolute atomic E-state index is 12.2.